The highest BCUT2D eigenvalue weighted by atomic mass is 35.5. The van der Waals surface area contributed by atoms with E-state index in [1.807, 2.05) is 0 Å². The molecule has 2 aromatic heterocycles. The Labute approximate surface area is 131 Å². The van der Waals surface area contributed by atoms with Gasteiger partial charge in [-0.05, 0) is 23.1 Å². The van der Waals surface area contributed by atoms with Crippen LogP contribution in [0.5, 0.6) is 0 Å². The standard InChI is InChI=1S/C13H13ClN2O3S2/c14-7-12(17)16-9-11(10-3-1-5-15-8-10)21(18,19)13-4-2-6-20-13/h1-6,8,11H,7,9H2,(H,16,17). The van der Waals surface area contributed by atoms with E-state index >= 15 is 0 Å². The fourth-order valence-electron chi connectivity index (χ4n) is 1.79. The normalized spacial score (nSPS) is 12.8. The fraction of sp³-hybridized carbons (Fsp3) is 0.231. The molecule has 0 bridgehead atoms. The molecular formula is C13H13ClN2O3S2. The van der Waals surface area contributed by atoms with Crippen LogP contribution in [0.15, 0.2) is 46.2 Å². The van der Waals surface area contributed by atoms with Crippen molar-refractivity contribution in [3.63, 3.8) is 0 Å². The van der Waals surface area contributed by atoms with Gasteiger partial charge in [0.25, 0.3) is 0 Å². The summed E-state index contributed by atoms with van der Waals surface area (Å²) in [6.07, 6.45) is 3.05. The molecule has 0 aliphatic rings. The van der Waals surface area contributed by atoms with Crippen LogP contribution in [-0.2, 0) is 14.6 Å². The molecule has 2 rings (SSSR count). The molecule has 1 atom stereocenters. The van der Waals surface area contributed by atoms with Crippen molar-refractivity contribution in [3.8, 4) is 0 Å². The van der Waals surface area contributed by atoms with Gasteiger partial charge < -0.3 is 5.32 Å². The minimum Gasteiger partial charge on any atom is -0.353 e. The number of carbonyl (C=O) groups excluding carboxylic acids is 1. The predicted molar refractivity (Wildman–Crippen MR) is 82.2 cm³/mol. The smallest absolute Gasteiger partial charge is 0.234 e. The number of amides is 1. The number of hydrogen-bond acceptors (Lipinski definition) is 5. The molecule has 0 spiro atoms. The largest absolute Gasteiger partial charge is 0.353 e. The van der Waals surface area contributed by atoms with Gasteiger partial charge >= 0.3 is 0 Å². The fourth-order valence-corrected chi connectivity index (χ4v) is 4.74. The molecule has 0 aliphatic heterocycles. The first-order valence-corrected chi connectivity index (χ1v) is 9.01. The van der Waals surface area contributed by atoms with Gasteiger partial charge in [0.2, 0.25) is 5.91 Å². The van der Waals surface area contributed by atoms with Gasteiger partial charge in [-0.2, -0.15) is 0 Å². The quantitative estimate of drug-likeness (QED) is 0.813. The lowest BCUT2D eigenvalue weighted by atomic mass is 10.2. The van der Waals surface area contributed by atoms with E-state index in [2.05, 4.69) is 10.3 Å². The van der Waals surface area contributed by atoms with Crippen molar-refractivity contribution in [1.29, 1.82) is 0 Å². The van der Waals surface area contributed by atoms with Crippen LogP contribution in [0.4, 0.5) is 0 Å². The zero-order valence-electron chi connectivity index (χ0n) is 10.9. The zero-order chi connectivity index (χ0) is 15.3. The SMILES string of the molecule is O=C(CCl)NCC(c1cccnc1)S(=O)(=O)c1cccs1. The van der Waals surface area contributed by atoms with Crippen LogP contribution in [0.25, 0.3) is 0 Å². The van der Waals surface area contributed by atoms with Crippen LogP contribution in [0.1, 0.15) is 10.8 Å². The molecule has 112 valence electrons. The average molecular weight is 345 g/mol. The number of alkyl halides is 1. The lowest BCUT2D eigenvalue weighted by Gasteiger charge is -2.17. The first-order valence-electron chi connectivity index (χ1n) is 6.05. The molecule has 0 aliphatic carbocycles. The van der Waals surface area contributed by atoms with E-state index in [-0.39, 0.29) is 16.6 Å². The molecule has 2 aromatic rings. The second-order valence-corrected chi connectivity index (χ2v) is 7.76. The van der Waals surface area contributed by atoms with Crippen molar-refractivity contribution in [1.82, 2.24) is 10.3 Å². The number of hydrogen-bond donors (Lipinski definition) is 1. The third-order valence-electron chi connectivity index (χ3n) is 2.81. The Morgan fingerprint density at radius 2 is 2.19 bits per heavy atom. The number of thiophene rings is 1. The van der Waals surface area contributed by atoms with E-state index in [0.717, 1.165) is 11.3 Å². The number of nitrogens with zero attached hydrogens (tertiary/aromatic N) is 1. The number of carbonyl (C=O) groups is 1. The number of pyridine rings is 1. The molecule has 0 aromatic carbocycles. The molecule has 21 heavy (non-hydrogen) atoms. The number of nitrogens with one attached hydrogen (secondary N) is 1. The molecule has 5 nitrogen and oxygen atoms in total. The van der Waals surface area contributed by atoms with Crippen molar-refractivity contribution in [3.05, 3.63) is 47.6 Å². The van der Waals surface area contributed by atoms with Crippen LogP contribution in [0.2, 0.25) is 0 Å². The van der Waals surface area contributed by atoms with Crippen LogP contribution < -0.4 is 5.32 Å². The molecule has 0 radical (unpaired) electrons. The lowest BCUT2D eigenvalue weighted by molar-refractivity contribution is -0.118. The summed E-state index contributed by atoms with van der Waals surface area (Å²) >= 11 is 6.57. The first-order chi connectivity index (χ1) is 10.1. The van der Waals surface area contributed by atoms with Crippen LogP contribution in [-0.4, -0.2) is 31.7 Å². The molecule has 0 saturated heterocycles. The van der Waals surface area contributed by atoms with E-state index < -0.39 is 21.0 Å². The molecule has 0 saturated carbocycles. The maximum absolute atomic E-state index is 12.7. The maximum Gasteiger partial charge on any atom is 0.234 e. The Bertz CT molecular complexity index is 687. The van der Waals surface area contributed by atoms with Crippen LogP contribution >= 0.6 is 22.9 Å². The second kappa shape index (κ2) is 7.02. The van der Waals surface area contributed by atoms with Crippen molar-refractivity contribution < 1.29 is 13.2 Å². The van der Waals surface area contributed by atoms with Gasteiger partial charge in [0, 0.05) is 18.9 Å². The Hall–Kier alpha value is -1.44. The van der Waals surface area contributed by atoms with Crippen molar-refractivity contribution in [2.45, 2.75) is 9.46 Å². The second-order valence-electron chi connectivity index (χ2n) is 4.19. The first kappa shape index (κ1) is 15.9. The number of halogens is 1. The molecule has 0 fully saturated rings. The summed E-state index contributed by atoms with van der Waals surface area (Å²) in [5, 5.41) is 3.33. The minimum absolute atomic E-state index is 0.0442. The highest BCUT2D eigenvalue weighted by Crippen LogP contribution is 2.30. The Kier molecular flexibility index (Phi) is 5.33. The highest BCUT2D eigenvalue weighted by molar-refractivity contribution is 7.93. The van der Waals surface area contributed by atoms with E-state index in [4.69, 9.17) is 11.6 Å². The number of sulfone groups is 1. The summed E-state index contributed by atoms with van der Waals surface area (Å²) in [4.78, 5) is 15.3. The van der Waals surface area contributed by atoms with Gasteiger partial charge in [0.15, 0.2) is 9.84 Å². The van der Waals surface area contributed by atoms with Gasteiger partial charge in [-0.1, -0.05) is 12.1 Å². The monoisotopic (exact) mass is 344 g/mol. The zero-order valence-corrected chi connectivity index (χ0v) is 13.3. The number of rotatable bonds is 6. The molecule has 2 heterocycles. The summed E-state index contributed by atoms with van der Waals surface area (Å²) in [6.45, 7) is -0.0442. The predicted octanol–water partition coefficient (Wildman–Crippen LogP) is 2.01. The van der Waals surface area contributed by atoms with Gasteiger partial charge in [-0.15, -0.1) is 22.9 Å². The van der Waals surface area contributed by atoms with Gasteiger partial charge in [-0.25, -0.2) is 8.42 Å². The van der Waals surface area contributed by atoms with Gasteiger partial charge in [0.05, 0.1) is 0 Å². The van der Waals surface area contributed by atoms with Crippen molar-refractivity contribution in [2.75, 3.05) is 12.4 Å². The Morgan fingerprint density at radius 3 is 2.76 bits per heavy atom. The lowest BCUT2D eigenvalue weighted by Crippen LogP contribution is -2.32. The van der Waals surface area contributed by atoms with Gasteiger partial charge in [0.1, 0.15) is 15.3 Å². The third kappa shape index (κ3) is 3.81. The maximum atomic E-state index is 12.7. The summed E-state index contributed by atoms with van der Waals surface area (Å²) in [7, 11) is -3.59. The highest BCUT2D eigenvalue weighted by Gasteiger charge is 2.30. The topological polar surface area (TPSA) is 76.1 Å². The summed E-state index contributed by atoms with van der Waals surface area (Å²) in [5.41, 5.74) is 0.528. The molecule has 1 amide bonds. The van der Waals surface area contributed by atoms with Gasteiger partial charge in [-0.3, -0.25) is 9.78 Å². The van der Waals surface area contributed by atoms with E-state index in [1.54, 1.807) is 35.8 Å². The minimum atomic E-state index is -3.59. The molecule has 1 N–H and O–H groups in total. The van der Waals surface area contributed by atoms with Crippen LogP contribution in [0.3, 0.4) is 0 Å². The van der Waals surface area contributed by atoms with Crippen molar-refractivity contribution in [2.24, 2.45) is 0 Å². The molecular weight excluding hydrogens is 332 g/mol. The van der Waals surface area contributed by atoms with Crippen LogP contribution in [0, 0.1) is 0 Å². The Balaban J connectivity index is 2.34. The summed E-state index contributed by atoms with van der Waals surface area (Å²) in [6, 6.07) is 6.56. The Morgan fingerprint density at radius 1 is 1.38 bits per heavy atom. The van der Waals surface area contributed by atoms with E-state index in [9.17, 15) is 13.2 Å². The van der Waals surface area contributed by atoms with E-state index in [0.29, 0.717) is 5.56 Å². The molecule has 1 unspecified atom stereocenters. The summed E-state index contributed by atoms with van der Waals surface area (Å²) < 4.78 is 25.6. The average Bonchev–Trinajstić information content (AvgIpc) is 3.03. The third-order valence-corrected chi connectivity index (χ3v) is 6.59. The van der Waals surface area contributed by atoms with Crippen molar-refractivity contribution >= 4 is 38.7 Å². The number of aromatic nitrogens is 1. The molecule has 8 heteroatoms. The van der Waals surface area contributed by atoms with E-state index in [1.165, 1.54) is 6.20 Å². The summed E-state index contributed by atoms with van der Waals surface area (Å²) in [5.74, 6) is -0.620.